The molecule has 3 aromatic carbocycles. The van der Waals surface area contributed by atoms with Crippen LogP contribution in [0.3, 0.4) is 0 Å². The summed E-state index contributed by atoms with van der Waals surface area (Å²) < 4.78 is 13.5. The van der Waals surface area contributed by atoms with Crippen LogP contribution in [0.1, 0.15) is 40.4 Å². The molecule has 164 valence electrons. The molecule has 6 heteroatoms. The molecule has 0 spiro atoms. The normalized spacial score (nSPS) is 14.9. The van der Waals surface area contributed by atoms with Crippen molar-refractivity contribution >= 4 is 17.5 Å². The average molecular weight is 439 g/mol. The van der Waals surface area contributed by atoms with Gasteiger partial charge in [-0.1, -0.05) is 42.5 Å². The predicted octanol–water partition coefficient (Wildman–Crippen LogP) is 5.83. The van der Waals surface area contributed by atoms with Gasteiger partial charge in [0.1, 0.15) is 5.82 Å². The molecule has 1 heterocycles. The van der Waals surface area contributed by atoms with Crippen molar-refractivity contribution in [1.29, 1.82) is 0 Å². The fourth-order valence-electron chi connectivity index (χ4n) is 4.22. The topological polar surface area (TPSA) is 66.9 Å². The molecular formula is C27H23FN4O. The Kier molecular flexibility index (Phi) is 5.81. The summed E-state index contributed by atoms with van der Waals surface area (Å²) in [6.45, 7) is 0. The molecule has 5 rings (SSSR count). The molecule has 0 fully saturated rings. The van der Waals surface area contributed by atoms with Crippen LogP contribution in [0.15, 0.2) is 85.2 Å². The largest absolute Gasteiger partial charge is 0.345 e. The molecule has 0 aliphatic heterocycles. The van der Waals surface area contributed by atoms with Crippen molar-refractivity contribution in [2.45, 2.75) is 25.3 Å². The molecule has 4 aromatic rings. The summed E-state index contributed by atoms with van der Waals surface area (Å²) in [4.78, 5) is 21.6. The van der Waals surface area contributed by atoms with Gasteiger partial charge in [-0.2, -0.15) is 0 Å². The SMILES string of the molecule is O=C(N[C@H]1CCCc2ccccc21)c1cccc(Nc2ncc(-c3cccc(F)c3)cn2)c1. The lowest BCUT2D eigenvalue weighted by molar-refractivity contribution is 0.0933. The van der Waals surface area contributed by atoms with Crippen molar-refractivity contribution < 1.29 is 9.18 Å². The molecule has 5 nitrogen and oxygen atoms in total. The molecule has 1 aliphatic rings. The van der Waals surface area contributed by atoms with Gasteiger partial charge in [-0.15, -0.1) is 0 Å². The third-order valence-corrected chi connectivity index (χ3v) is 5.87. The lowest BCUT2D eigenvalue weighted by Crippen LogP contribution is -2.31. The van der Waals surface area contributed by atoms with E-state index in [9.17, 15) is 9.18 Å². The van der Waals surface area contributed by atoms with E-state index in [2.05, 4.69) is 32.7 Å². The van der Waals surface area contributed by atoms with E-state index in [0.29, 0.717) is 22.8 Å². The van der Waals surface area contributed by atoms with Crippen LogP contribution in [0.5, 0.6) is 0 Å². The van der Waals surface area contributed by atoms with Gasteiger partial charge in [0.15, 0.2) is 0 Å². The number of rotatable bonds is 5. The van der Waals surface area contributed by atoms with E-state index in [0.717, 1.165) is 24.8 Å². The first kappa shape index (κ1) is 20.8. The van der Waals surface area contributed by atoms with Gasteiger partial charge in [0.25, 0.3) is 5.91 Å². The van der Waals surface area contributed by atoms with Crippen LogP contribution in [0.2, 0.25) is 0 Å². The lowest BCUT2D eigenvalue weighted by Gasteiger charge is -2.26. The van der Waals surface area contributed by atoms with E-state index in [1.54, 1.807) is 30.6 Å². The van der Waals surface area contributed by atoms with Gasteiger partial charge in [0, 0.05) is 29.2 Å². The van der Waals surface area contributed by atoms with Gasteiger partial charge in [-0.3, -0.25) is 4.79 Å². The summed E-state index contributed by atoms with van der Waals surface area (Å²) in [5.74, 6) is -0.0156. The highest BCUT2D eigenvalue weighted by Gasteiger charge is 2.22. The number of hydrogen-bond donors (Lipinski definition) is 2. The first-order valence-corrected chi connectivity index (χ1v) is 11.0. The van der Waals surface area contributed by atoms with Crippen LogP contribution >= 0.6 is 0 Å². The molecule has 1 aliphatic carbocycles. The Hall–Kier alpha value is -4.06. The quantitative estimate of drug-likeness (QED) is 0.411. The Balaban J connectivity index is 1.28. The van der Waals surface area contributed by atoms with Gasteiger partial charge >= 0.3 is 0 Å². The summed E-state index contributed by atoms with van der Waals surface area (Å²) in [7, 11) is 0. The average Bonchev–Trinajstić information content (AvgIpc) is 2.85. The lowest BCUT2D eigenvalue weighted by atomic mass is 9.87. The zero-order valence-electron chi connectivity index (χ0n) is 18.0. The number of amides is 1. The van der Waals surface area contributed by atoms with Crippen LogP contribution in [-0.2, 0) is 6.42 Å². The van der Waals surface area contributed by atoms with Crippen molar-refractivity contribution in [3.63, 3.8) is 0 Å². The van der Waals surface area contributed by atoms with Crippen molar-refractivity contribution in [3.05, 3.63) is 108 Å². The first-order chi connectivity index (χ1) is 16.2. The Morgan fingerprint density at radius 3 is 2.58 bits per heavy atom. The summed E-state index contributed by atoms with van der Waals surface area (Å²) in [6, 6.07) is 21.9. The van der Waals surface area contributed by atoms with Crippen LogP contribution in [-0.4, -0.2) is 15.9 Å². The summed E-state index contributed by atoms with van der Waals surface area (Å²) in [6.07, 6.45) is 6.33. The molecule has 0 saturated heterocycles. The number of anilines is 2. The fraction of sp³-hybridized carbons (Fsp3) is 0.148. The zero-order chi connectivity index (χ0) is 22.6. The highest BCUT2D eigenvalue weighted by Crippen LogP contribution is 2.30. The van der Waals surface area contributed by atoms with Gasteiger partial charge in [-0.05, 0) is 66.3 Å². The van der Waals surface area contributed by atoms with Crippen molar-refractivity contribution in [2.75, 3.05) is 5.32 Å². The van der Waals surface area contributed by atoms with E-state index in [1.165, 1.54) is 23.3 Å². The minimum atomic E-state index is -0.304. The monoisotopic (exact) mass is 438 g/mol. The van der Waals surface area contributed by atoms with Crippen molar-refractivity contribution in [2.24, 2.45) is 0 Å². The highest BCUT2D eigenvalue weighted by molar-refractivity contribution is 5.95. The van der Waals surface area contributed by atoms with Crippen molar-refractivity contribution in [3.8, 4) is 11.1 Å². The second-order valence-electron chi connectivity index (χ2n) is 8.13. The van der Waals surface area contributed by atoms with E-state index >= 15 is 0 Å². The molecule has 33 heavy (non-hydrogen) atoms. The number of carbonyl (C=O) groups is 1. The smallest absolute Gasteiger partial charge is 0.251 e. The van der Waals surface area contributed by atoms with Gasteiger partial charge in [-0.25, -0.2) is 14.4 Å². The van der Waals surface area contributed by atoms with Crippen LogP contribution < -0.4 is 10.6 Å². The number of nitrogens with one attached hydrogen (secondary N) is 2. The van der Waals surface area contributed by atoms with Crippen LogP contribution in [0, 0.1) is 5.82 Å². The molecule has 0 bridgehead atoms. The highest BCUT2D eigenvalue weighted by atomic mass is 19.1. The Morgan fingerprint density at radius 1 is 0.909 bits per heavy atom. The van der Waals surface area contributed by atoms with E-state index < -0.39 is 0 Å². The summed E-state index contributed by atoms with van der Waals surface area (Å²) in [5.41, 5.74) is 5.23. The Morgan fingerprint density at radius 2 is 1.73 bits per heavy atom. The maximum atomic E-state index is 13.5. The minimum absolute atomic E-state index is 0.0257. The summed E-state index contributed by atoms with van der Waals surface area (Å²) in [5, 5.41) is 6.32. The zero-order valence-corrected chi connectivity index (χ0v) is 18.0. The second-order valence-corrected chi connectivity index (χ2v) is 8.13. The second kappa shape index (κ2) is 9.20. The number of benzene rings is 3. The van der Waals surface area contributed by atoms with Gasteiger partial charge in [0.05, 0.1) is 6.04 Å². The number of fused-ring (bicyclic) bond motifs is 1. The molecular weight excluding hydrogens is 415 g/mol. The molecule has 2 N–H and O–H groups in total. The maximum Gasteiger partial charge on any atom is 0.251 e. The molecule has 0 saturated carbocycles. The number of carbonyl (C=O) groups excluding carboxylic acids is 1. The number of aryl methyl sites for hydroxylation is 1. The minimum Gasteiger partial charge on any atom is -0.345 e. The molecule has 1 amide bonds. The van der Waals surface area contributed by atoms with Crippen LogP contribution in [0.4, 0.5) is 16.0 Å². The summed E-state index contributed by atoms with van der Waals surface area (Å²) >= 11 is 0. The van der Waals surface area contributed by atoms with E-state index in [4.69, 9.17) is 0 Å². The molecule has 0 radical (unpaired) electrons. The predicted molar refractivity (Wildman–Crippen MR) is 127 cm³/mol. The molecule has 1 aromatic heterocycles. The van der Waals surface area contributed by atoms with Crippen LogP contribution in [0.25, 0.3) is 11.1 Å². The van der Waals surface area contributed by atoms with E-state index in [-0.39, 0.29) is 17.8 Å². The first-order valence-electron chi connectivity index (χ1n) is 11.0. The Labute approximate surface area is 191 Å². The molecule has 1 atom stereocenters. The van der Waals surface area contributed by atoms with E-state index in [1.807, 2.05) is 30.3 Å². The standard InChI is InChI=1S/C27H23FN4O/c28-22-10-3-8-19(14-22)21-16-29-27(30-17-21)31-23-11-4-9-20(15-23)26(33)32-25-13-5-7-18-6-1-2-12-24(18)25/h1-4,6,8-12,14-17,25H,5,7,13H2,(H,32,33)(H,29,30,31)/t25-/m0/s1. The van der Waals surface area contributed by atoms with Gasteiger partial charge in [0.2, 0.25) is 5.95 Å². The van der Waals surface area contributed by atoms with Crippen molar-refractivity contribution in [1.82, 2.24) is 15.3 Å². The number of halogens is 1. The number of hydrogen-bond acceptors (Lipinski definition) is 4. The number of aromatic nitrogens is 2. The molecule has 0 unspecified atom stereocenters. The third-order valence-electron chi connectivity index (χ3n) is 5.87. The maximum absolute atomic E-state index is 13.5. The fourth-order valence-corrected chi connectivity index (χ4v) is 4.22. The Bertz CT molecular complexity index is 1290. The third kappa shape index (κ3) is 4.75. The van der Waals surface area contributed by atoms with Gasteiger partial charge < -0.3 is 10.6 Å². The number of nitrogens with zero attached hydrogens (tertiary/aromatic N) is 2.